The average Bonchev–Trinajstić information content (AvgIpc) is 3.21. The highest BCUT2D eigenvalue weighted by atomic mass is 16.5. The second-order valence-electron chi connectivity index (χ2n) is 6.77. The van der Waals surface area contributed by atoms with Crippen LogP contribution in [0.2, 0.25) is 0 Å². The molecule has 0 saturated carbocycles. The van der Waals surface area contributed by atoms with Gasteiger partial charge in [0.1, 0.15) is 5.69 Å². The normalized spacial score (nSPS) is 10.6. The van der Waals surface area contributed by atoms with Crippen LogP contribution in [0.15, 0.2) is 91.0 Å². The SMILES string of the molecule is CCOC(=O)c1[nH]c(-c2ccccc2)c(C(=O)c2ccccc2)c1-c1ccccc1. The zero-order valence-corrected chi connectivity index (χ0v) is 16.6. The first-order valence-electron chi connectivity index (χ1n) is 9.84. The summed E-state index contributed by atoms with van der Waals surface area (Å²) < 4.78 is 5.30. The first-order valence-corrected chi connectivity index (χ1v) is 9.84. The van der Waals surface area contributed by atoms with Gasteiger partial charge in [-0.1, -0.05) is 91.0 Å². The molecule has 4 aromatic rings. The van der Waals surface area contributed by atoms with E-state index in [0.717, 1.165) is 11.1 Å². The van der Waals surface area contributed by atoms with Crippen LogP contribution in [0.25, 0.3) is 22.4 Å². The van der Waals surface area contributed by atoms with Gasteiger partial charge in [-0.15, -0.1) is 0 Å². The van der Waals surface area contributed by atoms with Crippen molar-refractivity contribution in [3.8, 4) is 22.4 Å². The molecule has 1 aromatic heterocycles. The van der Waals surface area contributed by atoms with E-state index in [4.69, 9.17) is 4.74 Å². The summed E-state index contributed by atoms with van der Waals surface area (Å²) in [5.41, 5.74) is 4.06. The maximum atomic E-state index is 13.7. The summed E-state index contributed by atoms with van der Waals surface area (Å²) >= 11 is 0. The maximum Gasteiger partial charge on any atom is 0.355 e. The van der Waals surface area contributed by atoms with Crippen LogP contribution in [-0.4, -0.2) is 23.3 Å². The molecular weight excluding hydrogens is 374 g/mol. The lowest BCUT2D eigenvalue weighted by atomic mass is 9.92. The number of aromatic nitrogens is 1. The molecule has 1 heterocycles. The Morgan fingerprint density at radius 2 is 1.30 bits per heavy atom. The van der Waals surface area contributed by atoms with Gasteiger partial charge in [-0.2, -0.15) is 0 Å². The lowest BCUT2D eigenvalue weighted by Crippen LogP contribution is -2.08. The first-order chi connectivity index (χ1) is 14.7. The van der Waals surface area contributed by atoms with Gasteiger partial charge >= 0.3 is 5.97 Å². The molecule has 0 amide bonds. The van der Waals surface area contributed by atoms with Gasteiger partial charge in [-0.05, 0) is 18.1 Å². The van der Waals surface area contributed by atoms with E-state index in [0.29, 0.717) is 22.4 Å². The highest BCUT2D eigenvalue weighted by molar-refractivity contribution is 6.19. The van der Waals surface area contributed by atoms with Gasteiger partial charge in [0.2, 0.25) is 0 Å². The Labute approximate surface area is 175 Å². The zero-order valence-electron chi connectivity index (χ0n) is 16.6. The zero-order chi connectivity index (χ0) is 20.9. The number of hydrogen-bond donors (Lipinski definition) is 1. The number of ketones is 1. The van der Waals surface area contributed by atoms with Crippen molar-refractivity contribution in [3.05, 3.63) is 108 Å². The highest BCUT2D eigenvalue weighted by Gasteiger charge is 2.29. The molecule has 0 radical (unpaired) electrons. The van der Waals surface area contributed by atoms with Crippen LogP contribution in [0.5, 0.6) is 0 Å². The molecule has 3 aromatic carbocycles. The molecule has 0 spiro atoms. The van der Waals surface area contributed by atoms with Crippen LogP contribution in [0.4, 0.5) is 0 Å². The van der Waals surface area contributed by atoms with Gasteiger partial charge < -0.3 is 9.72 Å². The number of hydrogen-bond acceptors (Lipinski definition) is 3. The Morgan fingerprint density at radius 3 is 1.87 bits per heavy atom. The van der Waals surface area contributed by atoms with E-state index in [9.17, 15) is 9.59 Å². The second-order valence-corrected chi connectivity index (χ2v) is 6.77. The number of aromatic amines is 1. The largest absolute Gasteiger partial charge is 0.461 e. The first kappa shape index (κ1) is 19.4. The van der Waals surface area contributed by atoms with E-state index < -0.39 is 5.97 Å². The van der Waals surface area contributed by atoms with E-state index in [1.807, 2.05) is 78.9 Å². The monoisotopic (exact) mass is 395 g/mol. The third-order valence-corrected chi connectivity index (χ3v) is 4.87. The van der Waals surface area contributed by atoms with Crippen molar-refractivity contribution in [2.75, 3.05) is 6.61 Å². The van der Waals surface area contributed by atoms with E-state index in [2.05, 4.69) is 4.98 Å². The molecule has 0 atom stereocenters. The molecule has 0 unspecified atom stereocenters. The van der Waals surface area contributed by atoms with Crippen molar-refractivity contribution in [1.29, 1.82) is 0 Å². The summed E-state index contributed by atoms with van der Waals surface area (Å²) in [5, 5.41) is 0. The lowest BCUT2D eigenvalue weighted by molar-refractivity contribution is 0.0521. The quantitative estimate of drug-likeness (QED) is 0.334. The van der Waals surface area contributed by atoms with Crippen molar-refractivity contribution >= 4 is 11.8 Å². The summed E-state index contributed by atoms with van der Waals surface area (Å²) in [6.45, 7) is 2.01. The molecule has 0 aliphatic heterocycles. The topological polar surface area (TPSA) is 59.2 Å². The lowest BCUT2D eigenvalue weighted by Gasteiger charge is -2.09. The summed E-state index contributed by atoms with van der Waals surface area (Å²) in [6.07, 6.45) is 0. The molecule has 4 nitrogen and oxygen atoms in total. The molecule has 30 heavy (non-hydrogen) atoms. The van der Waals surface area contributed by atoms with Gasteiger partial charge in [-0.25, -0.2) is 4.79 Å². The molecule has 0 aliphatic rings. The second kappa shape index (κ2) is 8.62. The maximum absolute atomic E-state index is 13.7. The fourth-order valence-electron chi connectivity index (χ4n) is 3.53. The highest BCUT2D eigenvalue weighted by Crippen LogP contribution is 2.37. The average molecular weight is 395 g/mol. The predicted molar refractivity (Wildman–Crippen MR) is 117 cm³/mol. The minimum atomic E-state index is -0.486. The fourth-order valence-corrected chi connectivity index (χ4v) is 3.53. The Bertz CT molecular complexity index is 1160. The van der Waals surface area contributed by atoms with Crippen LogP contribution >= 0.6 is 0 Å². The van der Waals surface area contributed by atoms with E-state index in [1.54, 1.807) is 19.1 Å². The predicted octanol–water partition coefficient (Wildman–Crippen LogP) is 5.76. The van der Waals surface area contributed by atoms with Crippen molar-refractivity contribution in [3.63, 3.8) is 0 Å². The van der Waals surface area contributed by atoms with Crippen molar-refractivity contribution in [2.24, 2.45) is 0 Å². The number of benzene rings is 3. The standard InChI is InChI=1S/C26H21NO3/c1-2-30-26(29)24-21(18-12-6-3-7-13-18)22(25(28)20-16-10-5-11-17-20)23(27-24)19-14-8-4-9-15-19/h3-17,27H,2H2,1H3. The minimum Gasteiger partial charge on any atom is -0.461 e. The van der Waals surface area contributed by atoms with Gasteiger partial charge in [0, 0.05) is 11.1 Å². The van der Waals surface area contributed by atoms with Gasteiger partial charge in [-0.3, -0.25) is 4.79 Å². The van der Waals surface area contributed by atoms with Crippen LogP contribution in [-0.2, 0) is 4.74 Å². The van der Waals surface area contributed by atoms with Crippen LogP contribution in [0.3, 0.4) is 0 Å². The fraction of sp³-hybridized carbons (Fsp3) is 0.0769. The van der Waals surface area contributed by atoms with Crippen LogP contribution < -0.4 is 0 Å². The number of ether oxygens (including phenoxy) is 1. The van der Waals surface area contributed by atoms with E-state index in [-0.39, 0.29) is 18.1 Å². The third kappa shape index (κ3) is 3.67. The Kier molecular flexibility index (Phi) is 5.57. The molecule has 4 heteroatoms. The van der Waals surface area contributed by atoms with Crippen molar-refractivity contribution in [1.82, 2.24) is 4.98 Å². The molecule has 0 aliphatic carbocycles. The molecular formula is C26H21NO3. The van der Waals surface area contributed by atoms with Crippen LogP contribution in [0.1, 0.15) is 33.3 Å². The molecule has 0 bridgehead atoms. The summed E-state index contributed by atoms with van der Waals surface area (Å²) in [4.78, 5) is 29.7. The number of nitrogens with one attached hydrogen (secondary N) is 1. The minimum absolute atomic E-state index is 0.153. The smallest absolute Gasteiger partial charge is 0.355 e. The number of carbonyl (C=O) groups excluding carboxylic acids is 2. The molecule has 0 fully saturated rings. The Balaban J connectivity index is 2.04. The Hall–Kier alpha value is -3.92. The summed E-state index contributed by atoms with van der Waals surface area (Å²) in [7, 11) is 0. The number of rotatable bonds is 6. The summed E-state index contributed by atoms with van der Waals surface area (Å²) in [6, 6.07) is 28.1. The molecule has 148 valence electrons. The Morgan fingerprint density at radius 1 is 0.767 bits per heavy atom. The van der Waals surface area contributed by atoms with Crippen molar-refractivity contribution in [2.45, 2.75) is 6.92 Å². The number of H-pyrrole nitrogens is 1. The van der Waals surface area contributed by atoms with Gasteiger partial charge in [0.15, 0.2) is 5.78 Å². The van der Waals surface area contributed by atoms with E-state index >= 15 is 0 Å². The molecule has 1 N–H and O–H groups in total. The molecule has 4 rings (SSSR count). The number of esters is 1. The van der Waals surface area contributed by atoms with Crippen LogP contribution in [0, 0.1) is 0 Å². The van der Waals surface area contributed by atoms with Gasteiger partial charge in [0.05, 0.1) is 17.9 Å². The van der Waals surface area contributed by atoms with Gasteiger partial charge in [0.25, 0.3) is 0 Å². The number of carbonyl (C=O) groups is 2. The summed E-state index contributed by atoms with van der Waals surface area (Å²) in [5.74, 6) is -0.638. The van der Waals surface area contributed by atoms with Crippen molar-refractivity contribution < 1.29 is 14.3 Å². The molecule has 0 saturated heterocycles. The third-order valence-electron chi connectivity index (χ3n) is 4.87. The van der Waals surface area contributed by atoms with E-state index in [1.165, 1.54) is 0 Å².